The summed E-state index contributed by atoms with van der Waals surface area (Å²) < 4.78 is 0. The Morgan fingerprint density at radius 2 is 1.46 bits per heavy atom. The standard InChI is InChI=1S/C31H26N4O3S/c1-21-10-8-9-15-26(21)30(37)32-23-16-18-25(19-17-23)39-29(22-11-4-2-5-12-22)31(38)33-27-20-28(36)35(34-27)24-13-6-3-7-14-24/h2-19,29H,20H2,1H3,(H,32,37)(H,33,34,38). The van der Waals surface area contributed by atoms with Gasteiger partial charge in [-0.25, -0.2) is 0 Å². The topological polar surface area (TPSA) is 90.9 Å². The molecule has 0 aromatic heterocycles. The number of rotatable bonds is 7. The second-order valence-electron chi connectivity index (χ2n) is 8.96. The third kappa shape index (κ3) is 6.25. The van der Waals surface area contributed by atoms with E-state index >= 15 is 0 Å². The number of benzene rings is 4. The number of amidine groups is 1. The maximum Gasteiger partial charge on any atom is 0.255 e. The van der Waals surface area contributed by atoms with Gasteiger partial charge in [-0.1, -0.05) is 66.7 Å². The summed E-state index contributed by atoms with van der Waals surface area (Å²) in [5, 5.41) is 10.9. The molecule has 4 aromatic rings. The summed E-state index contributed by atoms with van der Waals surface area (Å²) in [5.74, 6) is -0.343. The van der Waals surface area contributed by atoms with Gasteiger partial charge in [0.1, 0.15) is 11.1 Å². The summed E-state index contributed by atoms with van der Waals surface area (Å²) in [5.41, 5.74) is 3.65. The summed E-state index contributed by atoms with van der Waals surface area (Å²) in [6, 6.07) is 33.4. The normalized spacial score (nSPS) is 13.5. The summed E-state index contributed by atoms with van der Waals surface area (Å²) in [7, 11) is 0. The Labute approximate surface area is 230 Å². The van der Waals surface area contributed by atoms with E-state index in [4.69, 9.17) is 0 Å². The molecule has 0 spiro atoms. The molecule has 0 saturated carbocycles. The van der Waals surface area contributed by atoms with Gasteiger partial charge < -0.3 is 10.6 Å². The van der Waals surface area contributed by atoms with Gasteiger partial charge in [-0.3, -0.25) is 14.4 Å². The van der Waals surface area contributed by atoms with Crippen LogP contribution >= 0.6 is 11.8 Å². The molecule has 7 nitrogen and oxygen atoms in total. The Bertz CT molecular complexity index is 1520. The molecule has 8 heteroatoms. The highest BCUT2D eigenvalue weighted by atomic mass is 32.2. The molecule has 0 radical (unpaired) electrons. The molecule has 1 unspecified atom stereocenters. The zero-order valence-electron chi connectivity index (χ0n) is 21.2. The second kappa shape index (κ2) is 11.8. The third-order valence-corrected chi connectivity index (χ3v) is 7.41. The molecule has 39 heavy (non-hydrogen) atoms. The van der Waals surface area contributed by atoms with Crippen molar-refractivity contribution in [2.45, 2.75) is 23.5 Å². The molecule has 1 aliphatic heterocycles. The van der Waals surface area contributed by atoms with Crippen molar-refractivity contribution in [2.24, 2.45) is 5.10 Å². The largest absolute Gasteiger partial charge is 0.322 e. The number of carbonyl (C=O) groups excluding carboxylic acids is 3. The first-order valence-corrected chi connectivity index (χ1v) is 13.3. The van der Waals surface area contributed by atoms with Crippen molar-refractivity contribution in [3.05, 3.63) is 126 Å². The van der Waals surface area contributed by atoms with Crippen molar-refractivity contribution in [1.29, 1.82) is 0 Å². The van der Waals surface area contributed by atoms with Crippen LogP contribution in [0.15, 0.2) is 119 Å². The predicted molar refractivity (Wildman–Crippen MR) is 155 cm³/mol. The molecule has 3 amide bonds. The number of nitrogens with zero attached hydrogens (tertiary/aromatic N) is 2. The molecule has 1 heterocycles. The van der Waals surface area contributed by atoms with E-state index in [0.29, 0.717) is 22.8 Å². The Morgan fingerprint density at radius 3 is 2.15 bits per heavy atom. The number of amides is 3. The van der Waals surface area contributed by atoms with Crippen LogP contribution in [0.1, 0.15) is 33.2 Å². The molecular formula is C31H26N4O3S. The fourth-order valence-electron chi connectivity index (χ4n) is 4.16. The van der Waals surface area contributed by atoms with Crippen LogP contribution in [0.5, 0.6) is 0 Å². The van der Waals surface area contributed by atoms with Gasteiger partial charge >= 0.3 is 0 Å². The second-order valence-corrected chi connectivity index (χ2v) is 10.1. The van der Waals surface area contributed by atoms with Gasteiger partial charge in [-0.05, 0) is 60.5 Å². The van der Waals surface area contributed by atoms with Gasteiger partial charge in [0.25, 0.3) is 11.8 Å². The minimum atomic E-state index is -0.581. The first kappa shape index (κ1) is 25.9. The van der Waals surface area contributed by atoms with Crippen molar-refractivity contribution >= 4 is 46.7 Å². The van der Waals surface area contributed by atoms with Crippen LogP contribution in [-0.4, -0.2) is 23.6 Å². The molecule has 0 saturated heterocycles. The van der Waals surface area contributed by atoms with E-state index in [1.165, 1.54) is 16.8 Å². The van der Waals surface area contributed by atoms with Crippen LogP contribution in [0.25, 0.3) is 0 Å². The lowest BCUT2D eigenvalue weighted by Gasteiger charge is -2.17. The van der Waals surface area contributed by atoms with Crippen LogP contribution < -0.4 is 15.6 Å². The zero-order valence-corrected chi connectivity index (χ0v) is 22.0. The Kier molecular flexibility index (Phi) is 7.84. The zero-order chi connectivity index (χ0) is 27.2. The van der Waals surface area contributed by atoms with Crippen LogP contribution in [0.3, 0.4) is 0 Å². The average Bonchev–Trinajstić information content (AvgIpc) is 3.33. The molecular weight excluding hydrogens is 508 g/mol. The van der Waals surface area contributed by atoms with E-state index in [9.17, 15) is 14.4 Å². The number of anilines is 2. The lowest BCUT2D eigenvalue weighted by atomic mass is 10.1. The maximum atomic E-state index is 13.5. The predicted octanol–water partition coefficient (Wildman–Crippen LogP) is 5.95. The van der Waals surface area contributed by atoms with E-state index in [-0.39, 0.29) is 24.1 Å². The number of para-hydroxylation sites is 1. The average molecular weight is 535 g/mol. The highest BCUT2D eigenvalue weighted by Gasteiger charge is 2.29. The number of thioether (sulfide) groups is 1. The highest BCUT2D eigenvalue weighted by Crippen LogP contribution is 2.36. The van der Waals surface area contributed by atoms with Crippen molar-refractivity contribution in [1.82, 2.24) is 5.32 Å². The number of hydrogen-bond donors (Lipinski definition) is 2. The maximum absolute atomic E-state index is 13.5. The Morgan fingerprint density at radius 1 is 0.821 bits per heavy atom. The molecule has 0 aliphatic carbocycles. The molecule has 0 bridgehead atoms. The Balaban J connectivity index is 1.30. The van der Waals surface area contributed by atoms with Crippen LogP contribution in [-0.2, 0) is 9.59 Å². The summed E-state index contributed by atoms with van der Waals surface area (Å²) in [4.78, 5) is 39.5. The van der Waals surface area contributed by atoms with Gasteiger partial charge in [0.15, 0.2) is 0 Å². The molecule has 0 fully saturated rings. The van der Waals surface area contributed by atoms with Gasteiger partial charge in [0.2, 0.25) is 5.91 Å². The molecule has 1 aliphatic rings. The van der Waals surface area contributed by atoms with Crippen LogP contribution in [0.4, 0.5) is 11.4 Å². The molecule has 5 rings (SSSR count). The quantitative estimate of drug-likeness (QED) is 0.287. The summed E-state index contributed by atoms with van der Waals surface area (Å²) >= 11 is 1.38. The van der Waals surface area contributed by atoms with Gasteiger partial charge in [-0.15, -0.1) is 11.8 Å². The van der Waals surface area contributed by atoms with Crippen molar-refractivity contribution < 1.29 is 14.4 Å². The van der Waals surface area contributed by atoms with Crippen molar-refractivity contribution in [3.8, 4) is 0 Å². The summed E-state index contributed by atoms with van der Waals surface area (Å²) in [6.07, 6.45) is 0.0160. The minimum absolute atomic E-state index is 0.0160. The first-order chi connectivity index (χ1) is 19.0. The summed E-state index contributed by atoms with van der Waals surface area (Å²) in [6.45, 7) is 1.90. The lowest BCUT2D eigenvalue weighted by molar-refractivity contribution is -0.119. The Hall–Kier alpha value is -4.69. The van der Waals surface area contributed by atoms with E-state index in [2.05, 4.69) is 15.7 Å². The van der Waals surface area contributed by atoms with Gasteiger partial charge in [-0.2, -0.15) is 10.1 Å². The fourth-order valence-corrected chi connectivity index (χ4v) is 5.18. The molecule has 4 aromatic carbocycles. The number of hydrogen-bond acceptors (Lipinski definition) is 5. The van der Waals surface area contributed by atoms with Crippen molar-refractivity contribution in [3.63, 3.8) is 0 Å². The monoisotopic (exact) mass is 534 g/mol. The van der Waals surface area contributed by atoms with Crippen molar-refractivity contribution in [2.75, 3.05) is 10.3 Å². The van der Waals surface area contributed by atoms with E-state index < -0.39 is 5.25 Å². The fraction of sp³-hybridized carbons (Fsp3) is 0.0968. The van der Waals surface area contributed by atoms with Crippen LogP contribution in [0.2, 0.25) is 0 Å². The van der Waals surface area contributed by atoms with E-state index in [1.807, 2.05) is 97.9 Å². The molecule has 1 atom stereocenters. The first-order valence-electron chi connectivity index (χ1n) is 12.4. The van der Waals surface area contributed by atoms with Gasteiger partial charge in [0.05, 0.1) is 12.1 Å². The van der Waals surface area contributed by atoms with Crippen LogP contribution in [0, 0.1) is 6.92 Å². The molecule has 2 N–H and O–H groups in total. The smallest absolute Gasteiger partial charge is 0.255 e. The number of hydrazone groups is 1. The minimum Gasteiger partial charge on any atom is -0.322 e. The third-order valence-electron chi connectivity index (χ3n) is 6.14. The molecule has 194 valence electrons. The number of carbonyl (C=O) groups is 3. The van der Waals surface area contributed by atoms with E-state index in [0.717, 1.165) is 16.0 Å². The SMILES string of the molecule is Cc1ccccc1C(=O)Nc1ccc(SC(C(=O)NC2=NN(c3ccccc3)C(=O)C2)c2ccccc2)cc1. The van der Waals surface area contributed by atoms with Gasteiger partial charge in [0, 0.05) is 16.1 Å². The highest BCUT2D eigenvalue weighted by molar-refractivity contribution is 8.00. The van der Waals surface area contributed by atoms with E-state index in [1.54, 1.807) is 18.2 Å². The lowest BCUT2D eigenvalue weighted by Crippen LogP contribution is -2.33. The number of aryl methyl sites for hydroxylation is 1. The number of nitrogens with one attached hydrogen (secondary N) is 2.